The van der Waals surface area contributed by atoms with E-state index >= 15 is 0 Å². The van der Waals surface area contributed by atoms with E-state index in [1.807, 2.05) is 30.3 Å². The minimum atomic E-state index is 0.0325. The van der Waals surface area contributed by atoms with Gasteiger partial charge in [0.1, 0.15) is 0 Å². The molecule has 2 heterocycles. The van der Waals surface area contributed by atoms with E-state index in [0.717, 1.165) is 5.65 Å². The van der Waals surface area contributed by atoms with Crippen molar-refractivity contribution in [2.45, 2.75) is 6.54 Å². The van der Waals surface area contributed by atoms with Gasteiger partial charge in [-0.3, -0.25) is 4.79 Å². The lowest BCUT2D eigenvalue weighted by molar-refractivity contribution is -0.715. The second-order valence-electron chi connectivity index (χ2n) is 3.90. The van der Waals surface area contributed by atoms with E-state index in [4.69, 9.17) is 0 Å². The van der Waals surface area contributed by atoms with Gasteiger partial charge in [0.15, 0.2) is 6.54 Å². The zero-order valence-electron chi connectivity index (χ0n) is 9.60. The monoisotopic (exact) mass is 239 g/mol. The van der Waals surface area contributed by atoms with Crippen molar-refractivity contribution in [3.8, 4) is 0 Å². The first-order chi connectivity index (χ1) is 8.84. The van der Waals surface area contributed by atoms with Gasteiger partial charge in [-0.25, -0.2) is 0 Å². The number of Topliss-reactive ketones (excluding diaryl/α,β-unsaturated/α-hetero) is 1. The molecule has 0 amide bonds. The van der Waals surface area contributed by atoms with E-state index in [1.165, 1.54) is 0 Å². The number of aromatic nitrogens is 4. The van der Waals surface area contributed by atoms with Crippen molar-refractivity contribution < 1.29 is 9.48 Å². The Bertz CT molecular complexity index is 690. The van der Waals surface area contributed by atoms with Crippen LogP contribution in [0.2, 0.25) is 0 Å². The van der Waals surface area contributed by atoms with Gasteiger partial charge in [0.2, 0.25) is 5.78 Å². The summed E-state index contributed by atoms with van der Waals surface area (Å²) in [5, 5.41) is 8.26. The van der Waals surface area contributed by atoms with Crippen molar-refractivity contribution in [2.24, 2.45) is 0 Å². The molecule has 0 aliphatic heterocycles. The highest BCUT2D eigenvalue weighted by Gasteiger charge is 2.16. The molecule has 88 valence electrons. The topological polar surface area (TPSA) is 51.1 Å². The summed E-state index contributed by atoms with van der Waals surface area (Å²) in [6, 6.07) is 12.9. The molecule has 5 heteroatoms. The fourth-order valence-electron chi connectivity index (χ4n) is 1.81. The van der Waals surface area contributed by atoms with E-state index in [2.05, 4.69) is 10.2 Å². The molecule has 3 rings (SSSR count). The highest BCUT2D eigenvalue weighted by atomic mass is 16.1. The Labute approximate surface area is 103 Å². The van der Waals surface area contributed by atoms with Crippen LogP contribution >= 0.6 is 0 Å². The Hall–Kier alpha value is -2.56. The summed E-state index contributed by atoms with van der Waals surface area (Å²) < 4.78 is 3.28. The second kappa shape index (κ2) is 4.37. The highest BCUT2D eigenvalue weighted by Crippen LogP contribution is 2.00. The van der Waals surface area contributed by atoms with E-state index < -0.39 is 0 Å². The van der Waals surface area contributed by atoms with Crippen LogP contribution in [0.3, 0.4) is 0 Å². The minimum absolute atomic E-state index is 0.0325. The molecule has 0 spiro atoms. The van der Waals surface area contributed by atoms with Crippen molar-refractivity contribution in [3.63, 3.8) is 0 Å². The van der Waals surface area contributed by atoms with Crippen molar-refractivity contribution in [2.75, 3.05) is 0 Å². The van der Waals surface area contributed by atoms with Gasteiger partial charge in [-0.05, 0) is 11.2 Å². The van der Waals surface area contributed by atoms with Crippen molar-refractivity contribution in [1.29, 1.82) is 0 Å². The van der Waals surface area contributed by atoms with Gasteiger partial charge < -0.3 is 0 Å². The van der Waals surface area contributed by atoms with E-state index in [-0.39, 0.29) is 12.3 Å². The summed E-state index contributed by atoms with van der Waals surface area (Å²) in [5.41, 5.74) is 1.48. The molecule has 18 heavy (non-hydrogen) atoms. The van der Waals surface area contributed by atoms with E-state index in [0.29, 0.717) is 5.56 Å². The van der Waals surface area contributed by atoms with Gasteiger partial charge in [-0.2, -0.15) is 0 Å². The number of rotatable bonds is 3. The van der Waals surface area contributed by atoms with Crippen LogP contribution in [-0.2, 0) is 6.54 Å². The second-order valence-corrected chi connectivity index (χ2v) is 3.90. The maximum absolute atomic E-state index is 12.1. The number of benzene rings is 1. The zero-order valence-corrected chi connectivity index (χ0v) is 9.60. The van der Waals surface area contributed by atoms with Gasteiger partial charge in [0, 0.05) is 11.6 Å². The lowest BCUT2D eigenvalue weighted by atomic mass is 10.1. The van der Waals surface area contributed by atoms with Crippen LogP contribution < -0.4 is 4.68 Å². The molecule has 0 unspecified atom stereocenters. The van der Waals surface area contributed by atoms with Crippen LogP contribution in [0.5, 0.6) is 0 Å². The molecule has 0 bridgehead atoms. The molecule has 0 atom stereocenters. The highest BCUT2D eigenvalue weighted by molar-refractivity contribution is 5.95. The average Bonchev–Trinajstić information content (AvgIpc) is 2.83. The normalized spacial score (nSPS) is 10.7. The lowest BCUT2D eigenvalue weighted by Gasteiger charge is -1.96. The molecule has 5 nitrogen and oxygen atoms in total. The quantitative estimate of drug-likeness (QED) is 0.504. The third-order valence-corrected chi connectivity index (χ3v) is 2.71. The first kappa shape index (κ1) is 10.6. The molecular weight excluding hydrogens is 228 g/mol. The molecule has 1 aromatic carbocycles. The number of carbonyl (C=O) groups excluding carboxylic acids is 1. The fourth-order valence-corrected chi connectivity index (χ4v) is 1.81. The number of fused-ring (bicyclic) bond motifs is 1. The summed E-state index contributed by atoms with van der Waals surface area (Å²) in [7, 11) is 0. The first-order valence-electron chi connectivity index (χ1n) is 5.61. The molecule has 0 fully saturated rings. The summed E-state index contributed by atoms with van der Waals surface area (Å²) in [6.07, 6.45) is 3.27. The van der Waals surface area contributed by atoms with Gasteiger partial charge in [-0.1, -0.05) is 39.9 Å². The number of ketones is 1. The van der Waals surface area contributed by atoms with Gasteiger partial charge in [-0.15, -0.1) is 4.68 Å². The molecule has 0 radical (unpaired) electrons. The molecule has 0 saturated heterocycles. The third kappa shape index (κ3) is 1.86. The fraction of sp³-hybridized carbons (Fsp3) is 0.0769. The standard InChI is InChI=1S/C13H11N4O/c18-12(11-5-2-1-3-6-11)9-16-13-7-4-8-14-17(13)10-15-16/h1-8,10H,9H2/q+1. The number of carbonyl (C=O) groups is 1. The van der Waals surface area contributed by atoms with Crippen molar-refractivity contribution in [1.82, 2.24) is 14.7 Å². The zero-order chi connectivity index (χ0) is 12.4. The van der Waals surface area contributed by atoms with Crippen LogP contribution in [0.25, 0.3) is 5.65 Å². The maximum Gasteiger partial charge on any atom is 0.329 e. The third-order valence-electron chi connectivity index (χ3n) is 2.71. The van der Waals surface area contributed by atoms with Crippen molar-refractivity contribution in [3.05, 3.63) is 60.6 Å². The summed E-state index contributed by atoms with van der Waals surface area (Å²) >= 11 is 0. The maximum atomic E-state index is 12.1. The van der Waals surface area contributed by atoms with Crippen LogP contribution in [-0.4, -0.2) is 20.5 Å². The van der Waals surface area contributed by atoms with Crippen molar-refractivity contribution >= 4 is 11.4 Å². The van der Waals surface area contributed by atoms with E-state index in [9.17, 15) is 4.79 Å². The summed E-state index contributed by atoms with van der Waals surface area (Å²) in [6.45, 7) is 0.214. The smallest absolute Gasteiger partial charge is 0.290 e. The predicted molar refractivity (Wildman–Crippen MR) is 64.0 cm³/mol. The Morgan fingerprint density at radius 2 is 2.00 bits per heavy atom. The predicted octanol–water partition coefficient (Wildman–Crippen LogP) is 0.900. The van der Waals surface area contributed by atoms with Crippen LogP contribution in [0, 0.1) is 0 Å². The molecule has 0 aliphatic rings. The van der Waals surface area contributed by atoms with Gasteiger partial charge in [0.25, 0.3) is 6.33 Å². The van der Waals surface area contributed by atoms with E-state index in [1.54, 1.807) is 33.9 Å². The molecule has 2 aromatic heterocycles. The SMILES string of the molecule is O=C(C[n+]1ncn2ncccc21)c1ccccc1. The minimum Gasteiger partial charge on any atom is -0.290 e. The lowest BCUT2D eigenvalue weighted by Crippen LogP contribution is -2.40. The number of nitrogens with zero attached hydrogens (tertiary/aromatic N) is 4. The van der Waals surface area contributed by atoms with Gasteiger partial charge >= 0.3 is 5.65 Å². The van der Waals surface area contributed by atoms with Crippen LogP contribution in [0.1, 0.15) is 10.4 Å². The Balaban J connectivity index is 1.91. The van der Waals surface area contributed by atoms with Crippen LogP contribution in [0.15, 0.2) is 55.0 Å². The number of hydrogen-bond donors (Lipinski definition) is 0. The summed E-state index contributed by atoms with van der Waals surface area (Å²) in [4.78, 5) is 12.1. The molecule has 3 aromatic rings. The molecule has 0 N–H and O–H groups in total. The molecule has 0 aliphatic carbocycles. The first-order valence-corrected chi connectivity index (χ1v) is 5.61. The summed E-state index contributed by atoms with van der Waals surface area (Å²) in [5.74, 6) is 0.0325. The Morgan fingerprint density at radius 1 is 1.17 bits per heavy atom. The average molecular weight is 239 g/mol. The Kier molecular flexibility index (Phi) is 2.57. The number of hydrogen-bond acceptors (Lipinski definition) is 3. The van der Waals surface area contributed by atoms with Gasteiger partial charge in [0.05, 0.1) is 6.20 Å². The molecular formula is C13H11N4O+. The molecule has 0 saturated carbocycles. The van der Waals surface area contributed by atoms with Crippen LogP contribution in [0.4, 0.5) is 0 Å². The Morgan fingerprint density at radius 3 is 2.83 bits per heavy atom. The largest absolute Gasteiger partial charge is 0.329 e.